The zero-order valence-electron chi connectivity index (χ0n) is 9.11. The molecule has 0 aliphatic carbocycles. The first-order valence-corrected chi connectivity index (χ1v) is 4.89. The Morgan fingerprint density at radius 3 is 1.82 bits per heavy atom. The van der Waals surface area contributed by atoms with Crippen molar-refractivity contribution in [3.8, 4) is 0 Å². The number of thiocarbonyl (C=S) groups is 1. The van der Waals surface area contributed by atoms with E-state index < -0.39 is 9.85 Å². The van der Waals surface area contributed by atoms with Crippen LogP contribution in [0.5, 0.6) is 0 Å². The van der Waals surface area contributed by atoms with E-state index in [0.29, 0.717) is 4.99 Å². The minimum Gasteiger partial charge on any atom is -0.368 e. The van der Waals surface area contributed by atoms with E-state index in [1.165, 1.54) is 12.1 Å². The highest BCUT2D eigenvalue weighted by molar-refractivity contribution is 7.80. The van der Waals surface area contributed by atoms with Crippen LogP contribution in [0.3, 0.4) is 0 Å². The lowest BCUT2D eigenvalue weighted by Crippen LogP contribution is -2.20. The van der Waals surface area contributed by atoms with Gasteiger partial charge in [0.25, 0.3) is 11.4 Å². The second-order valence-electron chi connectivity index (χ2n) is 3.45. The summed E-state index contributed by atoms with van der Waals surface area (Å²) >= 11 is 5.02. The number of hydrogen-bond acceptors (Lipinski definition) is 5. The van der Waals surface area contributed by atoms with Gasteiger partial charge in [0, 0.05) is 31.8 Å². The summed E-state index contributed by atoms with van der Waals surface area (Å²) in [5.41, 5.74) is -0.414. The first-order chi connectivity index (χ1) is 7.82. The number of nitro benzene ring substituents is 2. The Balaban J connectivity index is 3.36. The molecule has 0 aliphatic heterocycles. The molecule has 0 atom stereocenters. The maximum absolute atomic E-state index is 10.6. The third-order valence-electron chi connectivity index (χ3n) is 1.98. The molecule has 0 radical (unpaired) electrons. The third kappa shape index (κ3) is 2.94. The first kappa shape index (κ1) is 13.0. The Morgan fingerprint density at radius 1 is 1.12 bits per heavy atom. The number of hydrogen-bond donors (Lipinski definition) is 0. The van der Waals surface area contributed by atoms with Gasteiger partial charge in [0.15, 0.2) is 0 Å². The average Bonchev–Trinajstić information content (AvgIpc) is 2.27. The van der Waals surface area contributed by atoms with E-state index in [1.807, 2.05) is 0 Å². The topological polar surface area (TPSA) is 89.5 Å². The van der Waals surface area contributed by atoms with Gasteiger partial charge in [-0.05, 0) is 0 Å². The summed E-state index contributed by atoms with van der Waals surface area (Å²) in [6, 6.07) is 3.34. The Bertz CT molecular complexity index is 469. The van der Waals surface area contributed by atoms with Gasteiger partial charge in [-0.1, -0.05) is 12.2 Å². The fourth-order valence-electron chi connectivity index (χ4n) is 1.19. The molecule has 1 rings (SSSR count). The van der Waals surface area contributed by atoms with Gasteiger partial charge in [-0.15, -0.1) is 0 Å². The molecule has 17 heavy (non-hydrogen) atoms. The van der Waals surface area contributed by atoms with Gasteiger partial charge in [0.2, 0.25) is 0 Å². The van der Waals surface area contributed by atoms with Crippen molar-refractivity contribution in [3.05, 3.63) is 44.0 Å². The summed E-state index contributed by atoms with van der Waals surface area (Å²) in [5, 5.41) is 21.3. The molecule has 1 aromatic carbocycles. The third-order valence-corrected chi connectivity index (χ3v) is 2.58. The Labute approximate surface area is 102 Å². The zero-order chi connectivity index (χ0) is 13.2. The Kier molecular flexibility index (Phi) is 3.69. The van der Waals surface area contributed by atoms with Crippen LogP contribution in [-0.2, 0) is 0 Å². The smallest absolute Gasteiger partial charge is 0.277 e. The standard InChI is InChI=1S/C9H9N3O4S/c1-10(2)9(17)6-3-7(11(13)14)5-8(4-6)12(15)16/h3-5H,1-2H3. The van der Waals surface area contributed by atoms with Crippen LogP contribution in [0.2, 0.25) is 0 Å². The molecule has 0 bridgehead atoms. The van der Waals surface area contributed by atoms with Gasteiger partial charge in [0.05, 0.1) is 15.9 Å². The molecule has 8 heteroatoms. The second-order valence-corrected chi connectivity index (χ2v) is 3.84. The van der Waals surface area contributed by atoms with E-state index in [-0.39, 0.29) is 16.9 Å². The number of rotatable bonds is 3. The first-order valence-electron chi connectivity index (χ1n) is 4.48. The van der Waals surface area contributed by atoms with Crippen LogP contribution in [0.1, 0.15) is 5.56 Å². The number of nitrogens with zero attached hydrogens (tertiary/aromatic N) is 3. The number of non-ortho nitro benzene ring substituents is 2. The largest absolute Gasteiger partial charge is 0.368 e. The van der Waals surface area contributed by atoms with Crippen LogP contribution >= 0.6 is 12.2 Å². The van der Waals surface area contributed by atoms with Crippen molar-refractivity contribution in [2.45, 2.75) is 0 Å². The van der Waals surface area contributed by atoms with Crippen molar-refractivity contribution < 1.29 is 9.85 Å². The molecular formula is C9H9N3O4S. The normalized spacial score (nSPS) is 9.76. The van der Waals surface area contributed by atoms with E-state index in [4.69, 9.17) is 12.2 Å². The van der Waals surface area contributed by atoms with Crippen LogP contribution in [0.15, 0.2) is 18.2 Å². The van der Waals surface area contributed by atoms with E-state index in [2.05, 4.69) is 0 Å². The predicted octanol–water partition coefficient (Wildman–Crippen LogP) is 1.74. The fourth-order valence-corrected chi connectivity index (χ4v) is 1.31. The maximum atomic E-state index is 10.6. The number of benzene rings is 1. The van der Waals surface area contributed by atoms with Crippen molar-refractivity contribution in [2.75, 3.05) is 14.1 Å². The second kappa shape index (κ2) is 4.83. The van der Waals surface area contributed by atoms with E-state index in [1.54, 1.807) is 19.0 Å². The van der Waals surface area contributed by atoms with Gasteiger partial charge in [-0.3, -0.25) is 20.2 Å². The minimum atomic E-state index is -0.686. The SMILES string of the molecule is CN(C)C(=S)c1cc([N+](=O)[O-])cc([N+](=O)[O-])c1. The molecule has 0 saturated heterocycles. The molecule has 0 aromatic heterocycles. The van der Waals surface area contributed by atoms with Crippen LogP contribution in [0.25, 0.3) is 0 Å². The van der Waals surface area contributed by atoms with Gasteiger partial charge in [-0.25, -0.2) is 0 Å². The highest BCUT2D eigenvalue weighted by atomic mass is 32.1. The predicted molar refractivity (Wildman–Crippen MR) is 65.1 cm³/mol. The number of nitro groups is 2. The molecule has 7 nitrogen and oxygen atoms in total. The molecule has 1 aromatic rings. The fraction of sp³-hybridized carbons (Fsp3) is 0.222. The van der Waals surface area contributed by atoms with E-state index in [0.717, 1.165) is 6.07 Å². The Hall–Kier alpha value is -2.09. The molecule has 0 heterocycles. The summed E-state index contributed by atoms with van der Waals surface area (Å²) in [4.78, 5) is 21.8. The Morgan fingerprint density at radius 2 is 1.53 bits per heavy atom. The van der Waals surface area contributed by atoms with Crippen LogP contribution < -0.4 is 0 Å². The average molecular weight is 255 g/mol. The summed E-state index contributed by atoms with van der Waals surface area (Å²) < 4.78 is 0. The van der Waals surface area contributed by atoms with Crippen LogP contribution in [0.4, 0.5) is 11.4 Å². The minimum absolute atomic E-state index is 0.283. The molecule has 90 valence electrons. The van der Waals surface area contributed by atoms with Crippen molar-refractivity contribution in [1.29, 1.82) is 0 Å². The molecular weight excluding hydrogens is 246 g/mol. The summed E-state index contributed by atoms with van der Waals surface area (Å²) in [6.07, 6.45) is 0. The van der Waals surface area contributed by atoms with Crippen LogP contribution in [0, 0.1) is 20.2 Å². The van der Waals surface area contributed by atoms with Gasteiger partial charge >= 0.3 is 0 Å². The van der Waals surface area contributed by atoms with E-state index >= 15 is 0 Å². The molecule has 0 aliphatic rings. The van der Waals surface area contributed by atoms with Crippen molar-refractivity contribution >= 4 is 28.6 Å². The summed E-state index contributed by atoms with van der Waals surface area (Å²) in [7, 11) is 3.32. The maximum Gasteiger partial charge on any atom is 0.277 e. The lowest BCUT2D eigenvalue weighted by molar-refractivity contribution is -0.394. The van der Waals surface area contributed by atoms with E-state index in [9.17, 15) is 20.2 Å². The summed E-state index contributed by atoms with van der Waals surface area (Å²) in [5.74, 6) is 0. The lowest BCUT2D eigenvalue weighted by atomic mass is 10.1. The van der Waals surface area contributed by atoms with Crippen molar-refractivity contribution in [2.24, 2.45) is 0 Å². The monoisotopic (exact) mass is 255 g/mol. The molecule has 0 unspecified atom stereocenters. The van der Waals surface area contributed by atoms with Gasteiger partial charge in [0.1, 0.15) is 4.99 Å². The van der Waals surface area contributed by atoms with Gasteiger partial charge < -0.3 is 4.90 Å². The highest BCUT2D eigenvalue weighted by Crippen LogP contribution is 2.23. The zero-order valence-corrected chi connectivity index (χ0v) is 9.93. The molecule has 0 fully saturated rings. The lowest BCUT2D eigenvalue weighted by Gasteiger charge is -2.13. The van der Waals surface area contributed by atoms with Crippen molar-refractivity contribution in [1.82, 2.24) is 4.90 Å². The van der Waals surface area contributed by atoms with Gasteiger partial charge in [-0.2, -0.15) is 0 Å². The molecule has 0 N–H and O–H groups in total. The quantitative estimate of drug-likeness (QED) is 0.464. The molecule has 0 amide bonds. The van der Waals surface area contributed by atoms with Crippen LogP contribution in [-0.4, -0.2) is 33.8 Å². The molecule has 0 spiro atoms. The molecule has 0 saturated carbocycles. The highest BCUT2D eigenvalue weighted by Gasteiger charge is 2.18. The summed E-state index contributed by atoms with van der Waals surface area (Å²) in [6.45, 7) is 0. The van der Waals surface area contributed by atoms with Crippen molar-refractivity contribution in [3.63, 3.8) is 0 Å².